The molecule has 1 atom stereocenters. The number of hydrogen-bond acceptors (Lipinski definition) is 0. The molecule has 0 nitrogen and oxygen atoms in total. The number of hydrogen-bond donors (Lipinski definition) is 0. The lowest BCUT2D eigenvalue weighted by atomic mass is 9.99. The van der Waals surface area contributed by atoms with E-state index in [-0.39, 0.29) is 0 Å². The molecular formula is C18H23Br. The van der Waals surface area contributed by atoms with Crippen LogP contribution in [0, 0.1) is 0 Å². The van der Waals surface area contributed by atoms with Gasteiger partial charge in [-0.3, -0.25) is 0 Å². The minimum atomic E-state index is 0.486. The number of halogens is 1. The molecule has 102 valence electrons. The SMILES string of the molecule is CCCCCCCC(Br)c1cccc2ccccc12. The highest BCUT2D eigenvalue weighted by Gasteiger charge is 2.10. The van der Waals surface area contributed by atoms with E-state index >= 15 is 0 Å². The number of unbranched alkanes of at least 4 members (excludes halogenated alkanes) is 4. The van der Waals surface area contributed by atoms with Gasteiger partial charge in [0.05, 0.1) is 0 Å². The van der Waals surface area contributed by atoms with Crippen LogP contribution in [0.1, 0.15) is 55.8 Å². The summed E-state index contributed by atoms with van der Waals surface area (Å²) in [5, 5.41) is 2.73. The first-order valence-electron chi connectivity index (χ1n) is 7.44. The largest absolute Gasteiger partial charge is 0.0839 e. The molecule has 0 aliphatic heterocycles. The fourth-order valence-electron chi connectivity index (χ4n) is 2.61. The average Bonchev–Trinajstić information content (AvgIpc) is 2.46. The molecule has 0 saturated carbocycles. The highest BCUT2D eigenvalue weighted by atomic mass is 79.9. The van der Waals surface area contributed by atoms with Crippen LogP contribution in [-0.2, 0) is 0 Å². The number of fused-ring (bicyclic) bond motifs is 1. The topological polar surface area (TPSA) is 0 Å². The van der Waals surface area contributed by atoms with Crippen LogP contribution in [0.2, 0.25) is 0 Å². The Morgan fingerprint density at radius 2 is 1.63 bits per heavy atom. The van der Waals surface area contributed by atoms with Crippen molar-refractivity contribution in [3.63, 3.8) is 0 Å². The van der Waals surface area contributed by atoms with Crippen molar-refractivity contribution >= 4 is 26.7 Å². The Morgan fingerprint density at radius 3 is 2.47 bits per heavy atom. The molecule has 2 rings (SSSR count). The zero-order valence-electron chi connectivity index (χ0n) is 11.7. The van der Waals surface area contributed by atoms with Gasteiger partial charge in [-0.1, -0.05) is 97.4 Å². The quantitative estimate of drug-likeness (QED) is 0.396. The molecule has 0 aliphatic rings. The lowest BCUT2D eigenvalue weighted by Gasteiger charge is -2.13. The van der Waals surface area contributed by atoms with Gasteiger partial charge in [0.2, 0.25) is 0 Å². The van der Waals surface area contributed by atoms with Crippen molar-refractivity contribution in [1.82, 2.24) is 0 Å². The normalized spacial score (nSPS) is 12.7. The first-order valence-corrected chi connectivity index (χ1v) is 8.36. The zero-order valence-corrected chi connectivity index (χ0v) is 13.3. The van der Waals surface area contributed by atoms with E-state index in [1.807, 2.05) is 0 Å². The summed E-state index contributed by atoms with van der Waals surface area (Å²) in [4.78, 5) is 0.486. The van der Waals surface area contributed by atoms with Gasteiger partial charge in [-0.05, 0) is 22.8 Å². The summed E-state index contributed by atoms with van der Waals surface area (Å²) >= 11 is 3.88. The molecule has 2 aromatic carbocycles. The van der Waals surface area contributed by atoms with Gasteiger partial charge in [-0.15, -0.1) is 0 Å². The summed E-state index contributed by atoms with van der Waals surface area (Å²) in [5.74, 6) is 0. The molecule has 19 heavy (non-hydrogen) atoms. The molecule has 0 saturated heterocycles. The lowest BCUT2D eigenvalue weighted by molar-refractivity contribution is 0.607. The second kappa shape index (κ2) is 7.69. The highest BCUT2D eigenvalue weighted by Crippen LogP contribution is 2.33. The second-order valence-electron chi connectivity index (χ2n) is 5.24. The summed E-state index contributed by atoms with van der Waals surface area (Å²) in [6, 6.07) is 15.3. The van der Waals surface area contributed by atoms with Crippen LogP contribution < -0.4 is 0 Å². The van der Waals surface area contributed by atoms with Crippen molar-refractivity contribution in [3.05, 3.63) is 48.0 Å². The van der Waals surface area contributed by atoms with Gasteiger partial charge in [0.15, 0.2) is 0 Å². The van der Waals surface area contributed by atoms with Crippen LogP contribution in [0.15, 0.2) is 42.5 Å². The van der Waals surface area contributed by atoms with E-state index in [0.29, 0.717) is 4.83 Å². The van der Waals surface area contributed by atoms with Crippen LogP contribution in [0.3, 0.4) is 0 Å². The van der Waals surface area contributed by atoms with Crippen LogP contribution in [0.4, 0.5) is 0 Å². The third-order valence-electron chi connectivity index (χ3n) is 3.72. The van der Waals surface area contributed by atoms with Crippen LogP contribution in [0.5, 0.6) is 0 Å². The van der Waals surface area contributed by atoms with Gasteiger partial charge in [0.25, 0.3) is 0 Å². The van der Waals surface area contributed by atoms with Gasteiger partial charge in [-0.2, -0.15) is 0 Å². The highest BCUT2D eigenvalue weighted by molar-refractivity contribution is 9.09. The van der Waals surface area contributed by atoms with Crippen molar-refractivity contribution in [2.24, 2.45) is 0 Å². The van der Waals surface area contributed by atoms with Crippen molar-refractivity contribution < 1.29 is 0 Å². The Morgan fingerprint density at radius 1 is 0.895 bits per heavy atom. The van der Waals surface area contributed by atoms with E-state index in [9.17, 15) is 0 Å². The van der Waals surface area contributed by atoms with Crippen molar-refractivity contribution in [2.45, 2.75) is 50.3 Å². The van der Waals surface area contributed by atoms with Gasteiger partial charge in [-0.25, -0.2) is 0 Å². The molecule has 0 fully saturated rings. The monoisotopic (exact) mass is 318 g/mol. The standard InChI is InChI=1S/C18H23Br/c1-2-3-4-5-6-14-18(19)17-13-9-11-15-10-7-8-12-16(15)17/h7-13,18H,2-6,14H2,1H3. The minimum Gasteiger partial charge on any atom is -0.0839 e. The minimum absolute atomic E-state index is 0.486. The molecule has 0 aliphatic carbocycles. The first kappa shape index (κ1) is 14.6. The predicted molar refractivity (Wildman–Crippen MR) is 89.0 cm³/mol. The Labute approximate surface area is 125 Å². The van der Waals surface area contributed by atoms with Gasteiger partial charge >= 0.3 is 0 Å². The van der Waals surface area contributed by atoms with E-state index in [2.05, 4.69) is 65.3 Å². The second-order valence-corrected chi connectivity index (χ2v) is 6.34. The molecule has 0 N–H and O–H groups in total. The molecule has 2 aromatic rings. The molecule has 0 bridgehead atoms. The maximum atomic E-state index is 3.88. The molecule has 1 unspecified atom stereocenters. The Balaban J connectivity index is 1.99. The maximum absolute atomic E-state index is 3.88. The molecule has 0 heterocycles. The number of alkyl halides is 1. The van der Waals surface area contributed by atoms with E-state index in [4.69, 9.17) is 0 Å². The van der Waals surface area contributed by atoms with Gasteiger partial charge in [0, 0.05) is 4.83 Å². The molecule has 0 amide bonds. The third kappa shape index (κ3) is 4.07. The van der Waals surface area contributed by atoms with Crippen molar-refractivity contribution in [1.29, 1.82) is 0 Å². The summed E-state index contributed by atoms with van der Waals surface area (Å²) in [7, 11) is 0. The van der Waals surface area contributed by atoms with Gasteiger partial charge in [0.1, 0.15) is 0 Å². The molecule has 0 aromatic heterocycles. The average molecular weight is 319 g/mol. The maximum Gasteiger partial charge on any atom is 0.0401 e. The van der Waals surface area contributed by atoms with E-state index in [1.165, 1.54) is 54.9 Å². The van der Waals surface area contributed by atoms with E-state index in [0.717, 1.165) is 0 Å². The fraction of sp³-hybridized carbons (Fsp3) is 0.444. The summed E-state index contributed by atoms with van der Waals surface area (Å²) in [6.07, 6.45) is 7.99. The van der Waals surface area contributed by atoms with Gasteiger partial charge < -0.3 is 0 Å². The van der Waals surface area contributed by atoms with E-state index < -0.39 is 0 Å². The Hall–Kier alpha value is -0.820. The molecule has 1 heteroatoms. The Bertz CT molecular complexity index is 499. The molecule has 0 radical (unpaired) electrons. The molecule has 0 spiro atoms. The lowest BCUT2D eigenvalue weighted by Crippen LogP contribution is -1.92. The third-order valence-corrected chi connectivity index (χ3v) is 4.67. The zero-order chi connectivity index (χ0) is 13.5. The number of rotatable bonds is 7. The van der Waals surface area contributed by atoms with Crippen LogP contribution in [-0.4, -0.2) is 0 Å². The van der Waals surface area contributed by atoms with Crippen LogP contribution >= 0.6 is 15.9 Å². The molecular weight excluding hydrogens is 296 g/mol. The Kier molecular flexibility index (Phi) is 5.91. The van der Waals surface area contributed by atoms with Crippen molar-refractivity contribution in [3.8, 4) is 0 Å². The van der Waals surface area contributed by atoms with E-state index in [1.54, 1.807) is 0 Å². The predicted octanol–water partition coefficient (Wildman–Crippen LogP) is 6.64. The first-order chi connectivity index (χ1) is 9.33. The van der Waals surface area contributed by atoms with Crippen LogP contribution in [0.25, 0.3) is 10.8 Å². The smallest absolute Gasteiger partial charge is 0.0401 e. The summed E-state index contributed by atoms with van der Waals surface area (Å²) in [5.41, 5.74) is 1.44. The van der Waals surface area contributed by atoms with Crippen molar-refractivity contribution in [2.75, 3.05) is 0 Å². The number of benzene rings is 2. The fourth-order valence-corrected chi connectivity index (χ4v) is 3.33. The summed E-state index contributed by atoms with van der Waals surface area (Å²) in [6.45, 7) is 2.27. The summed E-state index contributed by atoms with van der Waals surface area (Å²) < 4.78 is 0.